The number of halogens is 4. The highest BCUT2D eigenvalue weighted by Crippen LogP contribution is 2.36. The van der Waals surface area contributed by atoms with Gasteiger partial charge in [-0.2, -0.15) is 0 Å². The lowest BCUT2D eigenvalue weighted by Gasteiger charge is -2.24. The molecule has 0 aromatic heterocycles. The largest absolute Gasteiger partial charge is 0.388 e. The summed E-state index contributed by atoms with van der Waals surface area (Å²) in [6.45, 7) is 0.0402. The van der Waals surface area contributed by atoms with Crippen LogP contribution >= 0.6 is 27.5 Å². The van der Waals surface area contributed by atoms with Gasteiger partial charge in [0.2, 0.25) is 0 Å². The van der Waals surface area contributed by atoms with Crippen molar-refractivity contribution < 1.29 is 13.9 Å². The van der Waals surface area contributed by atoms with Crippen molar-refractivity contribution in [3.8, 4) is 0 Å². The molecule has 0 fully saturated rings. The summed E-state index contributed by atoms with van der Waals surface area (Å²) in [5, 5.41) is 10.6. The van der Waals surface area contributed by atoms with Gasteiger partial charge in [-0.05, 0) is 39.7 Å². The lowest BCUT2D eigenvalue weighted by atomic mass is 9.89. The summed E-state index contributed by atoms with van der Waals surface area (Å²) in [6.07, 6.45) is -1.18. The summed E-state index contributed by atoms with van der Waals surface area (Å²) >= 11 is 9.07. The van der Waals surface area contributed by atoms with Crippen molar-refractivity contribution in [1.82, 2.24) is 0 Å². The van der Waals surface area contributed by atoms with Crippen molar-refractivity contribution in [1.29, 1.82) is 0 Å². The molecule has 0 heterocycles. The Morgan fingerprint density at radius 2 is 1.90 bits per heavy atom. The molecule has 0 amide bonds. The van der Waals surface area contributed by atoms with Crippen LogP contribution < -0.4 is 5.73 Å². The zero-order chi connectivity index (χ0) is 15.6. The average Bonchev–Trinajstić information content (AvgIpc) is 2.44. The van der Waals surface area contributed by atoms with E-state index in [4.69, 9.17) is 17.3 Å². The Balaban J connectivity index is 2.43. The molecule has 2 aromatic rings. The van der Waals surface area contributed by atoms with Crippen molar-refractivity contribution in [2.75, 3.05) is 6.54 Å². The number of aliphatic hydroxyl groups excluding tert-OH is 1. The number of hydrogen-bond donors (Lipinski definition) is 2. The molecule has 21 heavy (non-hydrogen) atoms. The van der Waals surface area contributed by atoms with Gasteiger partial charge in [-0.15, -0.1) is 0 Å². The van der Waals surface area contributed by atoms with Gasteiger partial charge in [0.25, 0.3) is 0 Å². The Kier molecular flexibility index (Phi) is 5.32. The van der Waals surface area contributed by atoms with Crippen LogP contribution in [-0.4, -0.2) is 11.7 Å². The molecule has 0 saturated heterocycles. The van der Waals surface area contributed by atoms with Gasteiger partial charge in [-0.25, -0.2) is 8.78 Å². The molecule has 2 unspecified atom stereocenters. The smallest absolute Gasteiger partial charge is 0.143 e. The molecule has 0 aliphatic carbocycles. The molecule has 3 N–H and O–H groups in total. The maximum atomic E-state index is 14.1. The van der Waals surface area contributed by atoms with Crippen LogP contribution in [0, 0.1) is 11.6 Å². The maximum Gasteiger partial charge on any atom is 0.143 e. The zero-order valence-electron chi connectivity index (χ0n) is 10.9. The van der Waals surface area contributed by atoms with Gasteiger partial charge < -0.3 is 10.8 Å². The van der Waals surface area contributed by atoms with Crippen LogP contribution in [0.1, 0.15) is 23.1 Å². The number of aliphatic hydroxyl groups is 1. The van der Waals surface area contributed by atoms with Crippen LogP contribution in [0.2, 0.25) is 5.02 Å². The summed E-state index contributed by atoms with van der Waals surface area (Å²) in [7, 11) is 0. The van der Waals surface area contributed by atoms with Gasteiger partial charge in [0, 0.05) is 23.0 Å². The number of benzene rings is 2. The van der Waals surface area contributed by atoms with Crippen LogP contribution in [0.25, 0.3) is 0 Å². The molecule has 0 aliphatic heterocycles. The van der Waals surface area contributed by atoms with Gasteiger partial charge in [0.05, 0.1) is 10.6 Å². The fourth-order valence-corrected chi connectivity index (χ4v) is 2.88. The fourth-order valence-electron chi connectivity index (χ4n) is 2.19. The summed E-state index contributed by atoms with van der Waals surface area (Å²) in [6, 6.07) is 8.45. The third kappa shape index (κ3) is 3.43. The Bertz CT molecular complexity index is 654. The van der Waals surface area contributed by atoms with Gasteiger partial charge >= 0.3 is 0 Å². The second-order valence-electron chi connectivity index (χ2n) is 4.60. The number of rotatable bonds is 4. The van der Waals surface area contributed by atoms with Crippen molar-refractivity contribution in [2.45, 2.75) is 12.0 Å². The molecule has 0 radical (unpaired) electrons. The number of nitrogens with two attached hydrogens (primary N) is 1. The van der Waals surface area contributed by atoms with Crippen molar-refractivity contribution in [3.63, 3.8) is 0 Å². The Morgan fingerprint density at radius 1 is 1.19 bits per heavy atom. The third-order valence-corrected chi connectivity index (χ3v) is 4.24. The van der Waals surface area contributed by atoms with Crippen LogP contribution in [0.5, 0.6) is 0 Å². The predicted molar refractivity (Wildman–Crippen MR) is 82.3 cm³/mol. The second kappa shape index (κ2) is 6.83. The summed E-state index contributed by atoms with van der Waals surface area (Å²) in [5.74, 6) is -1.67. The SMILES string of the molecule is NCC(c1ccc(F)cc1Cl)C(O)c1cccc(Br)c1F. The summed E-state index contributed by atoms with van der Waals surface area (Å²) in [5.41, 5.74) is 6.28. The minimum atomic E-state index is -1.18. The average molecular weight is 377 g/mol. The summed E-state index contributed by atoms with van der Waals surface area (Å²) < 4.78 is 27.5. The van der Waals surface area contributed by atoms with E-state index in [0.717, 1.165) is 6.07 Å². The second-order valence-corrected chi connectivity index (χ2v) is 5.86. The van der Waals surface area contributed by atoms with Crippen LogP contribution in [0.4, 0.5) is 8.78 Å². The highest BCUT2D eigenvalue weighted by atomic mass is 79.9. The van der Waals surface area contributed by atoms with Crippen LogP contribution in [0.3, 0.4) is 0 Å². The quantitative estimate of drug-likeness (QED) is 0.842. The topological polar surface area (TPSA) is 46.2 Å². The zero-order valence-corrected chi connectivity index (χ0v) is 13.2. The van der Waals surface area contributed by atoms with E-state index in [0.29, 0.717) is 5.56 Å². The first-order chi connectivity index (χ1) is 9.95. The molecule has 0 bridgehead atoms. The van der Waals surface area contributed by atoms with Crippen LogP contribution in [0.15, 0.2) is 40.9 Å². The Labute approximate surface area is 134 Å². The normalized spacial score (nSPS) is 14.0. The molecule has 112 valence electrons. The van der Waals surface area contributed by atoms with Gasteiger partial charge in [0.15, 0.2) is 0 Å². The molecule has 2 atom stereocenters. The molecule has 2 aromatic carbocycles. The van der Waals surface area contributed by atoms with Crippen molar-refractivity contribution in [3.05, 3.63) is 68.7 Å². The van der Waals surface area contributed by atoms with Gasteiger partial charge in [-0.3, -0.25) is 0 Å². The van der Waals surface area contributed by atoms with E-state index >= 15 is 0 Å². The van der Waals surface area contributed by atoms with Crippen LogP contribution in [-0.2, 0) is 0 Å². The van der Waals surface area contributed by atoms with E-state index in [1.54, 1.807) is 6.07 Å². The van der Waals surface area contributed by atoms with E-state index in [2.05, 4.69) is 15.9 Å². The molecule has 2 rings (SSSR count). The minimum Gasteiger partial charge on any atom is -0.388 e. The molecule has 6 heteroatoms. The third-order valence-electron chi connectivity index (χ3n) is 3.30. The standard InChI is InChI=1S/C15H13BrClF2NO/c16-12-3-1-2-10(14(12)19)15(21)11(7-20)9-5-4-8(18)6-13(9)17/h1-6,11,15,21H,7,20H2. The van der Waals surface area contributed by atoms with E-state index in [-0.39, 0.29) is 21.6 Å². The van der Waals surface area contributed by atoms with Crippen molar-refractivity contribution in [2.24, 2.45) is 5.73 Å². The first-order valence-corrected chi connectivity index (χ1v) is 7.39. The lowest BCUT2D eigenvalue weighted by molar-refractivity contribution is 0.143. The monoisotopic (exact) mass is 375 g/mol. The molecular weight excluding hydrogens is 364 g/mol. The Hall–Kier alpha value is -1.01. The molecular formula is C15H13BrClF2NO. The molecule has 0 saturated carbocycles. The van der Waals surface area contributed by atoms with Gasteiger partial charge in [0.1, 0.15) is 11.6 Å². The molecule has 0 spiro atoms. The van der Waals surface area contributed by atoms with E-state index in [9.17, 15) is 13.9 Å². The first-order valence-electron chi connectivity index (χ1n) is 6.22. The number of hydrogen-bond acceptors (Lipinski definition) is 2. The lowest BCUT2D eigenvalue weighted by Crippen LogP contribution is -2.21. The minimum absolute atomic E-state index is 0.0402. The van der Waals surface area contributed by atoms with Gasteiger partial charge in [-0.1, -0.05) is 29.8 Å². The fraction of sp³-hybridized carbons (Fsp3) is 0.200. The first kappa shape index (κ1) is 16.4. The molecule has 2 nitrogen and oxygen atoms in total. The van der Waals surface area contributed by atoms with E-state index < -0.39 is 23.7 Å². The van der Waals surface area contributed by atoms with E-state index in [1.807, 2.05) is 0 Å². The predicted octanol–water partition coefficient (Wildman–Crippen LogP) is 4.16. The maximum absolute atomic E-state index is 14.1. The molecule has 0 aliphatic rings. The highest BCUT2D eigenvalue weighted by Gasteiger charge is 2.26. The summed E-state index contributed by atoms with van der Waals surface area (Å²) in [4.78, 5) is 0. The highest BCUT2D eigenvalue weighted by molar-refractivity contribution is 9.10. The van der Waals surface area contributed by atoms with E-state index in [1.165, 1.54) is 24.3 Å². The van der Waals surface area contributed by atoms with Crippen molar-refractivity contribution >= 4 is 27.5 Å². The Morgan fingerprint density at radius 3 is 2.52 bits per heavy atom.